The van der Waals surface area contributed by atoms with Gasteiger partial charge in [-0.15, -0.1) is 0 Å². The van der Waals surface area contributed by atoms with Crippen molar-refractivity contribution in [1.82, 2.24) is 14.6 Å². The van der Waals surface area contributed by atoms with E-state index in [4.69, 9.17) is 11.6 Å². The van der Waals surface area contributed by atoms with E-state index in [0.29, 0.717) is 34.9 Å². The van der Waals surface area contributed by atoms with Gasteiger partial charge in [-0.05, 0) is 29.8 Å². The van der Waals surface area contributed by atoms with Gasteiger partial charge in [-0.1, -0.05) is 48.0 Å². The number of hydrogen-bond acceptors (Lipinski definition) is 4. The number of likely N-dealkylation sites (N-methyl/N-ethyl adjacent to an activating group) is 1. The van der Waals surface area contributed by atoms with E-state index in [-0.39, 0.29) is 0 Å². The minimum Gasteiger partial charge on any atom is -0.312 e. The zero-order chi connectivity index (χ0) is 20.0. The summed E-state index contributed by atoms with van der Waals surface area (Å²) in [5.74, 6) is 0. The fourth-order valence-electron chi connectivity index (χ4n) is 2.80. The molecule has 0 unspecified atom stereocenters. The molecule has 3 rings (SSSR count). The molecule has 0 amide bonds. The molecule has 5 nitrogen and oxygen atoms in total. The van der Waals surface area contributed by atoms with E-state index in [9.17, 15) is 8.42 Å². The van der Waals surface area contributed by atoms with E-state index in [0.717, 1.165) is 10.9 Å². The first kappa shape index (κ1) is 20.5. The minimum atomic E-state index is -3.57. The lowest BCUT2D eigenvalue weighted by Gasteiger charge is -2.18. The van der Waals surface area contributed by atoms with Gasteiger partial charge in [0.15, 0.2) is 0 Å². The zero-order valence-corrected chi connectivity index (χ0v) is 17.1. The van der Waals surface area contributed by atoms with E-state index in [2.05, 4.69) is 10.3 Å². The van der Waals surface area contributed by atoms with Gasteiger partial charge in [0.2, 0.25) is 10.0 Å². The van der Waals surface area contributed by atoms with Crippen molar-refractivity contribution >= 4 is 38.5 Å². The van der Waals surface area contributed by atoms with Crippen LogP contribution in [0.4, 0.5) is 0 Å². The van der Waals surface area contributed by atoms with Crippen LogP contribution in [0.5, 0.6) is 0 Å². The average Bonchev–Trinajstić information content (AvgIpc) is 2.71. The molecular formula is C21H22ClN3O2S. The minimum absolute atomic E-state index is 0.303. The van der Waals surface area contributed by atoms with Crippen molar-refractivity contribution in [2.45, 2.75) is 4.90 Å². The summed E-state index contributed by atoms with van der Waals surface area (Å²) >= 11 is 5.86. The molecule has 0 saturated carbocycles. The largest absolute Gasteiger partial charge is 0.312 e. The predicted octanol–water partition coefficient (Wildman–Crippen LogP) is 3.81. The van der Waals surface area contributed by atoms with E-state index < -0.39 is 10.0 Å². The van der Waals surface area contributed by atoms with Gasteiger partial charge in [0, 0.05) is 54.9 Å². The quantitative estimate of drug-likeness (QED) is 0.568. The maximum Gasteiger partial charge on any atom is 0.243 e. The van der Waals surface area contributed by atoms with E-state index in [1.165, 1.54) is 4.31 Å². The third-order valence-corrected chi connectivity index (χ3v) is 6.54. The van der Waals surface area contributed by atoms with Crippen LogP contribution in [0.2, 0.25) is 5.02 Å². The van der Waals surface area contributed by atoms with E-state index in [1.807, 2.05) is 42.5 Å². The van der Waals surface area contributed by atoms with Crippen LogP contribution in [0.25, 0.3) is 16.8 Å². The Bertz CT molecular complexity index is 1060. The van der Waals surface area contributed by atoms with E-state index >= 15 is 0 Å². The average molecular weight is 416 g/mol. The molecule has 1 N–H and O–H groups in total. The molecular weight excluding hydrogens is 394 g/mol. The van der Waals surface area contributed by atoms with E-state index in [1.54, 1.807) is 37.6 Å². The monoisotopic (exact) mass is 415 g/mol. The second kappa shape index (κ2) is 9.30. The second-order valence-corrected chi connectivity index (χ2v) is 8.79. The maximum absolute atomic E-state index is 12.9. The van der Waals surface area contributed by atoms with Crippen molar-refractivity contribution in [2.24, 2.45) is 0 Å². The van der Waals surface area contributed by atoms with Gasteiger partial charge >= 0.3 is 0 Å². The highest BCUT2D eigenvalue weighted by Crippen LogP contribution is 2.24. The van der Waals surface area contributed by atoms with Gasteiger partial charge in [-0.2, -0.15) is 4.31 Å². The molecule has 0 aliphatic rings. The Hall–Kier alpha value is -2.25. The molecule has 0 aliphatic carbocycles. The lowest BCUT2D eigenvalue weighted by Crippen LogP contribution is -2.34. The first-order valence-electron chi connectivity index (χ1n) is 8.90. The zero-order valence-electron chi connectivity index (χ0n) is 15.5. The Morgan fingerprint density at radius 3 is 2.71 bits per heavy atom. The van der Waals surface area contributed by atoms with Gasteiger partial charge < -0.3 is 5.32 Å². The number of aromatic nitrogens is 1. The second-order valence-electron chi connectivity index (χ2n) is 6.34. The lowest BCUT2D eigenvalue weighted by molar-refractivity contribution is 0.464. The van der Waals surface area contributed by atoms with Crippen LogP contribution in [0.3, 0.4) is 0 Å². The Labute approximate surface area is 170 Å². The van der Waals surface area contributed by atoms with Gasteiger partial charge in [0.25, 0.3) is 0 Å². The fraction of sp³-hybridized carbons (Fsp3) is 0.190. The molecule has 1 aromatic heterocycles. The number of benzene rings is 2. The van der Waals surface area contributed by atoms with Crippen molar-refractivity contribution in [2.75, 3.05) is 26.7 Å². The summed E-state index contributed by atoms with van der Waals surface area (Å²) in [5.41, 5.74) is 1.07. The maximum atomic E-state index is 12.9. The molecule has 28 heavy (non-hydrogen) atoms. The number of hydrogen-bond donors (Lipinski definition) is 1. The lowest BCUT2D eigenvalue weighted by atomic mass is 10.2. The molecule has 0 fully saturated rings. The highest BCUT2D eigenvalue weighted by molar-refractivity contribution is 7.89. The van der Waals surface area contributed by atoms with Crippen LogP contribution in [-0.4, -0.2) is 44.4 Å². The molecule has 0 atom stereocenters. The molecule has 0 bridgehead atoms. The predicted molar refractivity (Wildman–Crippen MR) is 115 cm³/mol. The van der Waals surface area contributed by atoms with Crippen LogP contribution in [-0.2, 0) is 10.0 Å². The molecule has 0 radical (unpaired) electrons. The number of pyridine rings is 1. The van der Waals surface area contributed by atoms with Gasteiger partial charge in [-0.3, -0.25) is 4.98 Å². The number of nitrogens with zero attached hydrogens (tertiary/aromatic N) is 2. The highest BCUT2D eigenvalue weighted by Gasteiger charge is 2.22. The summed E-state index contributed by atoms with van der Waals surface area (Å²) in [7, 11) is -1.97. The van der Waals surface area contributed by atoms with Crippen LogP contribution >= 0.6 is 11.6 Å². The molecule has 7 heteroatoms. The summed E-state index contributed by atoms with van der Waals surface area (Å²) in [6, 6.07) is 14.5. The Morgan fingerprint density at radius 2 is 1.93 bits per heavy atom. The topological polar surface area (TPSA) is 62.3 Å². The first-order valence-corrected chi connectivity index (χ1v) is 10.7. The van der Waals surface area contributed by atoms with Crippen molar-refractivity contribution in [3.05, 3.63) is 77.6 Å². The smallest absolute Gasteiger partial charge is 0.243 e. The summed E-state index contributed by atoms with van der Waals surface area (Å²) < 4.78 is 27.2. The molecule has 1 heterocycles. The molecule has 3 aromatic rings. The van der Waals surface area contributed by atoms with Crippen LogP contribution in [0.15, 0.2) is 71.9 Å². The summed E-state index contributed by atoms with van der Waals surface area (Å²) in [4.78, 5) is 4.36. The summed E-state index contributed by atoms with van der Waals surface area (Å²) in [5, 5.41) is 5.43. The third-order valence-electron chi connectivity index (χ3n) is 4.37. The summed E-state index contributed by atoms with van der Waals surface area (Å²) in [6.07, 6.45) is 7.27. The Balaban J connectivity index is 1.55. The van der Waals surface area contributed by atoms with Crippen molar-refractivity contribution in [3.63, 3.8) is 0 Å². The molecule has 0 saturated heterocycles. The van der Waals surface area contributed by atoms with Crippen molar-refractivity contribution < 1.29 is 8.42 Å². The van der Waals surface area contributed by atoms with Gasteiger partial charge in [-0.25, -0.2) is 8.42 Å². The van der Waals surface area contributed by atoms with Crippen LogP contribution in [0.1, 0.15) is 5.56 Å². The fourth-order valence-corrected chi connectivity index (χ4v) is 4.30. The molecule has 146 valence electrons. The van der Waals surface area contributed by atoms with Crippen molar-refractivity contribution in [3.8, 4) is 0 Å². The number of halogens is 1. The number of rotatable bonds is 8. The Kier molecular flexibility index (Phi) is 6.80. The SMILES string of the molecule is CN(CCNCC=Cc1ccc(Cl)cc1)S(=O)(=O)c1cccc2cnccc12. The number of fused-ring (bicyclic) bond motifs is 1. The van der Waals surface area contributed by atoms with Crippen LogP contribution in [0, 0.1) is 0 Å². The molecule has 0 aliphatic heterocycles. The molecule has 2 aromatic carbocycles. The van der Waals surface area contributed by atoms with Crippen molar-refractivity contribution in [1.29, 1.82) is 0 Å². The van der Waals surface area contributed by atoms with Gasteiger partial charge in [0.1, 0.15) is 0 Å². The van der Waals surface area contributed by atoms with Gasteiger partial charge in [0.05, 0.1) is 4.90 Å². The molecule has 0 spiro atoms. The standard InChI is InChI=1S/C21H22ClN3O2S/c1-25(15-14-23-12-3-4-17-7-9-19(22)10-8-17)28(26,27)21-6-2-5-18-16-24-13-11-20(18)21/h2-11,13,16,23H,12,14-15H2,1H3. The third kappa shape index (κ3) is 4.97. The van der Waals surface area contributed by atoms with Crippen LogP contribution < -0.4 is 5.32 Å². The summed E-state index contributed by atoms with van der Waals surface area (Å²) in [6.45, 7) is 1.57. The number of sulfonamides is 1. The first-order chi connectivity index (χ1) is 13.5. The number of nitrogens with one attached hydrogen (secondary N) is 1. The Morgan fingerprint density at radius 1 is 1.14 bits per heavy atom. The highest BCUT2D eigenvalue weighted by atomic mass is 35.5. The normalized spacial score (nSPS) is 12.2.